The van der Waals surface area contributed by atoms with Crippen LogP contribution in [-0.4, -0.2) is 18.7 Å². The van der Waals surface area contributed by atoms with E-state index in [9.17, 15) is 9.59 Å². The number of amides is 1. The molecule has 0 heterocycles. The minimum atomic E-state index is -0.482. The summed E-state index contributed by atoms with van der Waals surface area (Å²) in [6.45, 7) is 4.56. The van der Waals surface area contributed by atoms with Crippen molar-refractivity contribution in [3.8, 4) is 0 Å². The lowest BCUT2D eigenvalue weighted by molar-refractivity contribution is 0.0499. The summed E-state index contributed by atoms with van der Waals surface area (Å²) in [5.74, 6) is -0.326. The lowest BCUT2D eigenvalue weighted by Gasteiger charge is -2.15. The summed E-state index contributed by atoms with van der Waals surface area (Å²) in [5, 5.41) is 2.78. The van der Waals surface area contributed by atoms with E-state index in [2.05, 4.69) is 5.32 Å². The van der Waals surface area contributed by atoms with E-state index in [1.807, 2.05) is 44.2 Å². The number of esters is 1. The molecular formula is C21H25NO4. The maximum Gasteiger partial charge on any atom is 0.407 e. The summed E-state index contributed by atoms with van der Waals surface area (Å²) in [6, 6.07) is 16.3. The summed E-state index contributed by atoms with van der Waals surface area (Å²) in [5.41, 5.74) is 2.32. The first-order valence-corrected chi connectivity index (χ1v) is 8.84. The van der Waals surface area contributed by atoms with Gasteiger partial charge in [-0.15, -0.1) is 0 Å². The highest BCUT2D eigenvalue weighted by Gasteiger charge is 2.12. The second-order valence-corrected chi connectivity index (χ2v) is 6.04. The zero-order valence-corrected chi connectivity index (χ0v) is 15.2. The molecule has 5 heteroatoms. The van der Waals surface area contributed by atoms with E-state index in [-0.39, 0.29) is 18.6 Å². The van der Waals surface area contributed by atoms with Crippen LogP contribution in [0.2, 0.25) is 0 Å². The molecule has 0 aromatic heterocycles. The van der Waals surface area contributed by atoms with Gasteiger partial charge < -0.3 is 14.8 Å². The lowest BCUT2D eigenvalue weighted by Crippen LogP contribution is -2.27. The van der Waals surface area contributed by atoms with Crippen LogP contribution in [0.1, 0.15) is 54.2 Å². The molecule has 2 rings (SSSR count). The maximum atomic E-state index is 11.9. The second kappa shape index (κ2) is 10.2. The minimum absolute atomic E-state index is 0.224. The first-order valence-electron chi connectivity index (χ1n) is 8.84. The fourth-order valence-electron chi connectivity index (χ4n) is 2.33. The molecule has 0 saturated carbocycles. The molecule has 1 N–H and O–H groups in total. The highest BCUT2D eigenvalue weighted by molar-refractivity contribution is 5.89. The van der Waals surface area contributed by atoms with Crippen molar-refractivity contribution in [2.45, 2.75) is 39.3 Å². The highest BCUT2D eigenvalue weighted by Crippen LogP contribution is 2.14. The van der Waals surface area contributed by atoms with Crippen LogP contribution in [0, 0.1) is 0 Å². The number of carbonyl (C=O) groups is 2. The Balaban J connectivity index is 1.82. The molecule has 1 atom stereocenters. The molecule has 0 radical (unpaired) electrons. The van der Waals surface area contributed by atoms with Crippen LogP contribution < -0.4 is 5.32 Å². The molecule has 2 aromatic carbocycles. The van der Waals surface area contributed by atoms with Gasteiger partial charge in [-0.05, 0) is 36.6 Å². The van der Waals surface area contributed by atoms with E-state index < -0.39 is 6.09 Å². The lowest BCUT2D eigenvalue weighted by atomic mass is 10.1. The molecule has 0 aliphatic carbocycles. The van der Waals surface area contributed by atoms with Crippen molar-refractivity contribution in [3.05, 3.63) is 71.3 Å². The molecule has 2 aromatic rings. The van der Waals surface area contributed by atoms with Gasteiger partial charge in [0, 0.05) is 0 Å². The largest absolute Gasteiger partial charge is 0.462 e. The molecule has 0 aliphatic rings. The molecule has 0 unspecified atom stereocenters. The van der Waals surface area contributed by atoms with Crippen molar-refractivity contribution in [1.29, 1.82) is 0 Å². The Kier molecular flexibility index (Phi) is 7.68. The third kappa shape index (κ3) is 6.24. The molecular weight excluding hydrogens is 330 g/mol. The predicted molar refractivity (Wildman–Crippen MR) is 99.8 cm³/mol. The first-order chi connectivity index (χ1) is 12.6. The van der Waals surface area contributed by atoms with Gasteiger partial charge in [-0.25, -0.2) is 9.59 Å². The number of ether oxygens (including phenoxy) is 2. The molecule has 26 heavy (non-hydrogen) atoms. The SMILES string of the molecule is CCCCOC(=O)c1ccc([C@H](C)NC(=O)OCc2ccccc2)cc1. The zero-order chi connectivity index (χ0) is 18.8. The third-order valence-electron chi connectivity index (χ3n) is 3.92. The van der Waals surface area contributed by atoms with Crippen molar-refractivity contribution in [2.75, 3.05) is 6.61 Å². The second-order valence-electron chi connectivity index (χ2n) is 6.04. The van der Waals surface area contributed by atoms with Gasteiger partial charge in [-0.2, -0.15) is 0 Å². The fourth-order valence-corrected chi connectivity index (χ4v) is 2.33. The number of rotatable bonds is 8. The minimum Gasteiger partial charge on any atom is -0.462 e. The molecule has 0 saturated heterocycles. The van der Waals surface area contributed by atoms with Crippen LogP contribution in [0.3, 0.4) is 0 Å². The number of hydrogen-bond acceptors (Lipinski definition) is 4. The van der Waals surface area contributed by atoms with Crippen LogP contribution in [-0.2, 0) is 16.1 Å². The number of carbonyl (C=O) groups excluding carboxylic acids is 2. The van der Waals surface area contributed by atoms with Crippen LogP contribution in [0.25, 0.3) is 0 Å². The predicted octanol–water partition coefficient (Wildman–Crippen LogP) is 4.63. The number of alkyl carbamates (subject to hydrolysis) is 1. The summed E-state index contributed by atoms with van der Waals surface area (Å²) in [7, 11) is 0. The van der Waals surface area contributed by atoms with Crippen molar-refractivity contribution < 1.29 is 19.1 Å². The normalized spacial score (nSPS) is 11.5. The van der Waals surface area contributed by atoms with Gasteiger partial charge in [-0.1, -0.05) is 55.8 Å². The molecule has 0 bridgehead atoms. The average Bonchev–Trinajstić information content (AvgIpc) is 2.67. The zero-order valence-electron chi connectivity index (χ0n) is 15.2. The molecule has 0 spiro atoms. The standard InChI is InChI=1S/C21H25NO4/c1-3-4-14-25-20(23)19-12-10-18(11-13-19)16(2)22-21(24)26-15-17-8-6-5-7-9-17/h5-13,16H,3-4,14-15H2,1-2H3,(H,22,24)/t16-/m0/s1. The van der Waals surface area contributed by atoms with Crippen LogP contribution in [0.4, 0.5) is 4.79 Å². The molecule has 0 fully saturated rings. The smallest absolute Gasteiger partial charge is 0.407 e. The monoisotopic (exact) mass is 355 g/mol. The van der Waals surface area contributed by atoms with Crippen LogP contribution in [0.5, 0.6) is 0 Å². The Morgan fingerprint density at radius 2 is 1.69 bits per heavy atom. The van der Waals surface area contributed by atoms with E-state index >= 15 is 0 Å². The van der Waals surface area contributed by atoms with Gasteiger partial charge in [0.25, 0.3) is 0 Å². The summed E-state index contributed by atoms with van der Waals surface area (Å²) >= 11 is 0. The molecule has 1 amide bonds. The summed E-state index contributed by atoms with van der Waals surface area (Å²) < 4.78 is 10.4. The number of hydrogen-bond donors (Lipinski definition) is 1. The fraction of sp³-hybridized carbons (Fsp3) is 0.333. The number of benzene rings is 2. The Labute approximate surface area is 154 Å². The molecule has 138 valence electrons. The van der Waals surface area contributed by atoms with E-state index in [1.165, 1.54) is 0 Å². The maximum absolute atomic E-state index is 11.9. The first kappa shape index (κ1) is 19.5. The highest BCUT2D eigenvalue weighted by atomic mass is 16.5. The van der Waals surface area contributed by atoms with E-state index in [1.54, 1.807) is 24.3 Å². The number of nitrogens with one attached hydrogen (secondary N) is 1. The summed E-state index contributed by atoms with van der Waals surface area (Å²) in [6.07, 6.45) is 1.36. The molecule has 0 aliphatic heterocycles. The van der Waals surface area contributed by atoms with Gasteiger partial charge in [-0.3, -0.25) is 0 Å². The van der Waals surface area contributed by atoms with E-state index in [0.29, 0.717) is 12.2 Å². The number of unbranched alkanes of at least 4 members (excludes halogenated alkanes) is 1. The van der Waals surface area contributed by atoms with Gasteiger partial charge >= 0.3 is 12.1 Å². The summed E-state index contributed by atoms with van der Waals surface area (Å²) in [4.78, 5) is 23.8. The Morgan fingerprint density at radius 1 is 1.00 bits per heavy atom. The van der Waals surface area contributed by atoms with Gasteiger partial charge in [0.1, 0.15) is 6.61 Å². The van der Waals surface area contributed by atoms with Crippen LogP contribution >= 0.6 is 0 Å². The van der Waals surface area contributed by atoms with Gasteiger partial charge in [0.15, 0.2) is 0 Å². The Morgan fingerprint density at radius 3 is 2.35 bits per heavy atom. The van der Waals surface area contributed by atoms with Crippen LogP contribution in [0.15, 0.2) is 54.6 Å². The van der Waals surface area contributed by atoms with Crippen molar-refractivity contribution >= 4 is 12.1 Å². The van der Waals surface area contributed by atoms with E-state index in [4.69, 9.17) is 9.47 Å². The van der Waals surface area contributed by atoms with Crippen molar-refractivity contribution in [2.24, 2.45) is 0 Å². The third-order valence-corrected chi connectivity index (χ3v) is 3.92. The van der Waals surface area contributed by atoms with Gasteiger partial charge in [0.05, 0.1) is 18.2 Å². The van der Waals surface area contributed by atoms with Gasteiger partial charge in [0.2, 0.25) is 0 Å². The van der Waals surface area contributed by atoms with Crippen molar-refractivity contribution in [3.63, 3.8) is 0 Å². The molecule has 5 nitrogen and oxygen atoms in total. The Bertz CT molecular complexity index is 698. The topological polar surface area (TPSA) is 64.6 Å². The van der Waals surface area contributed by atoms with E-state index in [0.717, 1.165) is 24.0 Å². The quantitative estimate of drug-likeness (QED) is 0.554. The Hall–Kier alpha value is -2.82. The van der Waals surface area contributed by atoms with Crippen molar-refractivity contribution in [1.82, 2.24) is 5.32 Å². The average molecular weight is 355 g/mol.